The van der Waals surface area contributed by atoms with E-state index in [4.69, 9.17) is 14.4 Å². The van der Waals surface area contributed by atoms with E-state index >= 15 is 0 Å². The van der Waals surface area contributed by atoms with Crippen LogP contribution in [0, 0.1) is 12.7 Å². The normalized spacial score (nSPS) is 12.6. The Morgan fingerprint density at radius 2 is 1.56 bits per heavy atom. The molecule has 1 unspecified atom stereocenters. The number of amides is 1. The topological polar surface area (TPSA) is 122 Å². The van der Waals surface area contributed by atoms with Gasteiger partial charge < -0.3 is 19.5 Å². The van der Waals surface area contributed by atoms with E-state index in [2.05, 4.69) is 10.5 Å². The monoisotopic (exact) mass is 490 g/mol. The molecule has 0 saturated heterocycles. The van der Waals surface area contributed by atoms with Gasteiger partial charge in [0.25, 0.3) is 0 Å². The molecule has 0 saturated carbocycles. The molecule has 36 heavy (non-hydrogen) atoms. The maximum Gasteiger partial charge on any atom is 0.412 e. The number of nitrogens with one attached hydrogen (secondary N) is 1. The molecule has 1 amide bonds. The number of hydrogen-bond acceptors (Lipinski definition) is 6. The number of aliphatic hydroxyl groups is 1. The predicted octanol–water partition coefficient (Wildman–Crippen LogP) is 5.88. The Morgan fingerprint density at radius 3 is 2.17 bits per heavy atom. The number of aliphatic hydroxyl groups excluding tert-OH is 1. The van der Waals surface area contributed by atoms with Gasteiger partial charge in [0, 0.05) is 11.1 Å². The Balaban J connectivity index is 1.49. The lowest BCUT2D eigenvalue weighted by Crippen LogP contribution is -2.17. The first-order valence-electron chi connectivity index (χ1n) is 11.0. The number of benzene rings is 3. The van der Waals surface area contributed by atoms with Crippen molar-refractivity contribution in [2.75, 3.05) is 5.32 Å². The number of hydrogen-bond donors (Lipinski definition) is 3. The maximum atomic E-state index is 14.0. The van der Waals surface area contributed by atoms with Gasteiger partial charge in [-0.15, -0.1) is 0 Å². The molecule has 0 spiro atoms. The van der Waals surface area contributed by atoms with E-state index in [1.807, 2.05) is 12.1 Å². The first kappa shape index (κ1) is 24.6. The number of aliphatic carboxylic acids is 1. The summed E-state index contributed by atoms with van der Waals surface area (Å²) in [6.07, 6.45) is -3.17. The van der Waals surface area contributed by atoms with Crippen molar-refractivity contribution in [1.29, 1.82) is 0 Å². The number of aromatic nitrogens is 1. The van der Waals surface area contributed by atoms with E-state index in [-0.39, 0.29) is 11.1 Å². The number of halogens is 1. The van der Waals surface area contributed by atoms with E-state index in [1.165, 1.54) is 6.07 Å². The molecule has 3 N–H and O–H groups in total. The standard InChI is InChI=1S/C27H23FN2O6/c1-15-23(29-27(34)35-16(2)21-5-3-4-6-22(21)28)25(36-30-15)20-13-9-18(10-14-20)17-7-11-19(12-8-17)24(31)26(32)33/h3-14,16,24,31H,1-2H3,(H,29,34)(H,32,33)/t16-,24?/m1/s1. The van der Waals surface area contributed by atoms with Crippen LogP contribution < -0.4 is 5.32 Å². The summed E-state index contributed by atoms with van der Waals surface area (Å²) in [5.74, 6) is -1.45. The highest BCUT2D eigenvalue weighted by Crippen LogP contribution is 2.33. The molecule has 0 aliphatic rings. The molecule has 4 rings (SSSR count). The van der Waals surface area contributed by atoms with Gasteiger partial charge in [-0.2, -0.15) is 0 Å². The number of aryl methyl sites for hydroxylation is 1. The molecular weight excluding hydrogens is 467 g/mol. The molecule has 3 aromatic carbocycles. The van der Waals surface area contributed by atoms with Crippen LogP contribution in [0.25, 0.3) is 22.5 Å². The van der Waals surface area contributed by atoms with Crippen LogP contribution in [-0.4, -0.2) is 27.4 Å². The number of carbonyl (C=O) groups is 2. The molecular formula is C27H23FN2O6. The van der Waals surface area contributed by atoms with Gasteiger partial charge in [0.1, 0.15) is 23.3 Å². The summed E-state index contributed by atoms with van der Waals surface area (Å²) in [5.41, 5.74) is 3.63. The highest BCUT2D eigenvalue weighted by molar-refractivity contribution is 5.91. The predicted molar refractivity (Wildman–Crippen MR) is 130 cm³/mol. The highest BCUT2D eigenvalue weighted by Gasteiger charge is 2.21. The van der Waals surface area contributed by atoms with Gasteiger partial charge in [-0.1, -0.05) is 71.9 Å². The molecule has 184 valence electrons. The highest BCUT2D eigenvalue weighted by atomic mass is 19.1. The van der Waals surface area contributed by atoms with E-state index < -0.39 is 30.1 Å². The first-order chi connectivity index (χ1) is 17.2. The van der Waals surface area contributed by atoms with Crippen molar-refractivity contribution in [2.24, 2.45) is 0 Å². The fourth-order valence-corrected chi connectivity index (χ4v) is 3.69. The van der Waals surface area contributed by atoms with Crippen molar-refractivity contribution in [1.82, 2.24) is 5.16 Å². The molecule has 0 aliphatic carbocycles. The third-order valence-electron chi connectivity index (χ3n) is 5.66. The maximum absolute atomic E-state index is 14.0. The molecule has 1 aromatic heterocycles. The second-order valence-electron chi connectivity index (χ2n) is 8.11. The van der Waals surface area contributed by atoms with Crippen LogP contribution in [0.2, 0.25) is 0 Å². The lowest BCUT2D eigenvalue weighted by atomic mass is 10.00. The van der Waals surface area contributed by atoms with Gasteiger partial charge in [0.2, 0.25) is 0 Å². The molecule has 4 aromatic rings. The molecule has 0 aliphatic heterocycles. The third kappa shape index (κ3) is 5.26. The lowest BCUT2D eigenvalue weighted by molar-refractivity contribution is -0.146. The largest absolute Gasteiger partial charge is 0.479 e. The molecule has 0 bridgehead atoms. The number of anilines is 1. The smallest absolute Gasteiger partial charge is 0.412 e. The zero-order chi connectivity index (χ0) is 25.8. The molecule has 0 radical (unpaired) electrons. The van der Waals surface area contributed by atoms with Crippen molar-refractivity contribution in [3.63, 3.8) is 0 Å². The van der Waals surface area contributed by atoms with Crippen LogP contribution in [0.4, 0.5) is 14.9 Å². The number of carboxylic acid groups (broad SMARTS) is 1. The summed E-state index contributed by atoms with van der Waals surface area (Å²) in [5, 5.41) is 25.2. The number of carbonyl (C=O) groups excluding carboxylic acids is 1. The van der Waals surface area contributed by atoms with Gasteiger partial charge >= 0.3 is 12.1 Å². The van der Waals surface area contributed by atoms with Gasteiger partial charge in [0.15, 0.2) is 11.9 Å². The average molecular weight is 490 g/mol. The second kappa shape index (κ2) is 10.4. The fraction of sp³-hybridized carbons (Fsp3) is 0.148. The molecule has 8 nitrogen and oxygen atoms in total. The Kier molecular flexibility index (Phi) is 7.12. The number of nitrogens with zero attached hydrogens (tertiary/aromatic N) is 1. The molecule has 0 fully saturated rings. The summed E-state index contributed by atoms with van der Waals surface area (Å²) in [4.78, 5) is 23.5. The minimum Gasteiger partial charge on any atom is -0.479 e. The number of carboxylic acids is 1. The van der Waals surface area contributed by atoms with Crippen LogP contribution in [0.15, 0.2) is 77.3 Å². The van der Waals surface area contributed by atoms with Gasteiger partial charge in [-0.05, 0) is 36.6 Å². The van der Waals surface area contributed by atoms with Crippen LogP contribution in [0.1, 0.15) is 36.0 Å². The van der Waals surface area contributed by atoms with Crippen LogP contribution in [0.3, 0.4) is 0 Å². The zero-order valence-corrected chi connectivity index (χ0v) is 19.4. The Bertz CT molecular complexity index is 1380. The van der Waals surface area contributed by atoms with Crippen molar-refractivity contribution < 1.29 is 33.5 Å². The minimum atomic E-state index is -1.58. The second-order valence-corrected chi connectivity index (χ2v) is 8.11. The molecule has 1 heterocycles. The number of rotatable bonds is 7. The average Bonchev–Trinajstić information content (AvgIpc) is 3.23. The fourth-order valence-electron chi connectivity index (χ4n) is 3.69. The van der Waals surface area contributed by atoms with Crippen LogP contribution in [0.5, 0.6) is 0 Å². The van der Waals surface area contributed by atoms with E-state index in [9.17, 15) is 19.1 Å². The lowest BCUT2D eigenvalue weighted by Gasteiger charge is -2.15. The Morgan fingerprint density at radius 1 is 0.972 bits per heavy atom. The van der Waals surface area contributed by atoms with Crippen molar-refractivity contribution in [3.05, 3.63) is 95.4 Å². The van der Waals surface area contributed by atoms with Gasteiger partial charge in [-0.25, -0.2) is 14.0 Å². The minimum absolute atomic E-state index is 0.260. The Labute approximate surface area is 205 Å². The summed E-state index contributed by atoms with van der Waals surface area (Å²) in [6.45, 7) is 3.25. The van der Waals surface area contributed by atoms with E-state index in [0.717, 1.165) is 11.1 Å². The van der Waals surface area contributed by atoms with Crippen molar-refractivity contribution >= 4 is 17.7 Å². The summed E-state index contributed by atoms with van der Waals surface area (Å²) in [6, 6.07) is 19.8. The van der Waals surface area contributed by atoms with Crippen LogP contribution in [-0.2, 0) is 9.53 Å². The number of ether oxygens (including phenoxy) is 1. The molecule has 2 atom stereocenters. The quantitative estimate of drug-likeness (QED) is 0.295. The van der Waals surface area contributed by atoms with Crippen LogP contribution >= 0.6 is 0 Å². The van der Waals surface area contributed by atoms with E-state index in [1.54, 1.807) is 68.4 Å². The zero-order valence-electron chi connectivity index (χ0n) is 19.4. The van der Waals surface area contributed by atoms with Crippen molar-refractivity contribution in [2.45, 2.75) is 26.1 Å². The summed E-state index contributed by atoms with van der Waals surface area (Å²) in [7, 11) is 0. The van der Waals surface area contributed by atoms with E-state index in [0.29, 0.717) is 22.7 Å². The van der Waals surface area contributed by atoms with Gasteiger partial charge in [-0.3, -0.25) is 5.32 Å². The molecule has 9 heteroatoms. The Hall–Kier alpha value is -4.50. The SMILES string of the molecule is Cc1noc(-c2ccc(-c3ccc(C(O)C(=O)O)cc3)cc2)c1NC(=O)O[C@H](C)c1ccccc1F. The summed E-state index contributed by atoms with van der Waals surface area (Å²) < 4.78 is 24.8. The van der Waals surface area contributed by atoms with Crippen molar-refractivity contribution in [3.8, 4) is 22.5 Å². The first-order valence-corrected chi connectivity index (χ1v) is 11.0. The third-order valence-corrected chi connectivity index (χ3v) is 5.66. The summed E-state index contributed by atoms with van der Waals surface area (Å²) >= 11 is 0. The van der Waals surface area contributed by atoms with Gasteiger partial charge in [0.05, 0.1) is 0 Å².